The van der Waals surface area contributed by atoms with Crippen LogP contribution in [-0.4, -0.2) is 41.6 Å². The van der Waals surface area contributed by atoms with Crippen molar-refractivity contribution in [2.45, 2.75) is 44.9 Å². The average Bonchev–Trinajstić information content (AvgIpc) is 3.49. The first-order valence-electron chi connectivity index (χ1n) is 11.2. The van der Waals surface area contributed by atoms with E-state index in [2.05, 4.69) is 20.5 Å². The lowest BCUT2D eigenvalue weighted by Crippen LogP contribution is -2.52. The highest BCUT2D eigenvalue weighted by Gasteiger charge is 2.40. The van der Waals surface area contributed by atoms with Crippen molar-refractivity contribution in [1.82, 2.24) is 29.9 Å². The van der Waals surface area contributed by atoms with Crippen LogP contribution >= 0.6 is 11.6 Å². The van der Waals surface area contributed by atoms with E-state index in [0.717, 1.165) is 17.8 Å². The Kier molecular flexibility index (Phi) is 7.18. The van der Waals surface area contributed by atoms with Gasteiger partial charge in [-0.15, -0.1) is 0 Å². The number of halogens is 3. The lowest BCUT2D eigenvalue weighted by atomic mass is 9.86. The van der Waals surface area contributed by atoms with Crippen molar-refractivity contribution in [2.75, 3.05) is 0 Å². The van der Waals surface area contributed by atoms with Crippen LogP contribution in [0.5, 0.6) is 0 Å². The Bertz CT molecular complexity index is 1360. The van der Waals surface area contributed by atoms with E-state index in [1.165, 1.54) is 30.5 Å². The first kappa shape index (κ1) is 25.5. The first-order valence-corrected chi connectivity index (χ1v) is 11.6. The number of benzene rings is 2. The molecule has 0 aliphatic rings. The molecule has 188 valence electrons. The molecule has 0 spiro atoms. The highest BCUT2D eigenvalue weighted by Crippen LogP contribution is 2.31. The Morgan fingerprint density at radius 3 is 2.47 bits per heavy atom. The molecule has 0 fully saturated rings. The van der Waals surface area contributed by atoms with Gasteiger partial charge in [0.05, 0.1) is 35.7 Å². The number of carbonyl (C=O) groups is 1. The molecule has 0 aliphatic heterocycles. The summed E-state index contributed by atoms with van der Waals surface area (Å²) in [5.41, 5.74) is -0.491. The zero-order valence-electron chi connectivity index (χ0n) is 19.9. The van der Waals surface area contributed by atoms with Crippen molar-refractivity contribution in [3.8, 4) is 5.69 Å². The number of hydrogen-bond donors (Lipinski definition) is 2. The zero-order valence-corrected chi connectivity index (χ0v) is 20.6. The molecular weight excluding hydrogens is 490 g/mol. The molecule has 8 nitrogen and oxygen atoms in total. The Labute approximate surface area is 211 Å². The molecule has 0 radical (unpaired) electrons. The molecule has 36 heavy (non-hydrogen) atoms. The number of aliphatic hydroxyl groups is 1. The zero-order chi connectivity index (χ0) is 26.0. The molecule has 11 heteroatoms. The third-order valence-corrected chi connectivity index (χ3v) is 6.25. The van der Waals surface area contributed by atoms with Gasteiger partial charge in [0, 0.05) is 16.7 Å². The Balaban J connectivity index is 1.68. The van der Waals surface area contributed by atoms with E-state index in [9.17, 15) is 18.7 Å². The number of nitrogens with one attached hydrogen (secondary N) is 1. The van der Waals surface area contributed by atoms with Gasteiger partial charge in [0.2, 0.25) is 0 Å². The summed E-state index contributed by atoms with van der Waals surface area (Å²) in [6, 6.07) is 8.91. The number of rotatable bonds is 8. The molecule has 0 saturated carbocycles. The first-order chi connectivity index (χ1) is 17.1. The molecule has 2 N–H and O–H groups in total. The molecule has 2 unspecified atom stereocenters. The predicted octanol–water partition coefficient (Wildman–Crippen LogP) is 4.23. The van der Waals surface area contributed by atoms with Gasteiger partial charge in [-0.3, -0.25) is 4.79 Å². The molecule has 0 aliphatic carbocycles. The minimum absolute atomic E-state index is 0.0807. The fourth-order valence-electron chi connectivity index (χ4n) is 4.13. The number of carbonyl (C=O) groups excluding carboxylic acids is 1. The maximum absolute atomic E-state index is 14.8. The van der Waals surface area contributed by atoms with E-state index in [0.29, 0.717) is 22.3 Å². The van der Waals surface area contributed by atoms with Crippen molar-refractivity contribution in [1.29, 1.82) is 0 Å². The molecule has 2 aromatic heterocycles. The molecule has 4 aromatic rings. The standard InChI is InChI=1S/C25H25ClF2N6O2/c1-15(2)23-20(11-30-34(23)19-7-4-17(26)5-8-19)24(35)32-16(3)25(36,12-33-14-29-13-31-33)21-9-6-18(27)10-22(21)28/h4-11,13-16,36H,12H2,1-3H3,(H,32,35). The Hall–Kier alpha value is -3.63. The van der Waals surface area contributed by atoms with Gasteiger partial charge in [-0.1, -0.05) is 31.5 Å². The SMILES string of the molecule is CC(C)c1c(C(=O)NC(C)C(O)(Cn2cncn2)c2ccc(F)cc2F)cnn1-c1ccc(Cl)cc1. The van der Waals surface area contributed by atoms with E-state index < -0.39 is 29.2 Å². The minimum Gasteiger partial charge on any atom is -0.381 e. The van der Waals surface area contributed by atoms with Gasteiger partial charge in [-0.25, -0.2) is 23.1 Å². The number of aromatic nitrogens is 5. The van der Waals surface area contributed by atoms with Crippen molar-refractivity contribution in [3.63, 3.8) is 0 Å². The highest BCUT2D eigenvalue weighted by atomic mass is 35.5. The summed E-state index contributed by atoms with van der Waals surface area (Å²) in [6.07, 6.45) is 4.07. The highest BCUT2D eigenvalue weighted by molar-refractivity contribution is 6.30. The van der Waals surface area contributed by atoms with Crippen molar-refractivity contribution in [2.24, 2.45) is 0 Å². The third kappa shape index (κ3) is 5.00. The smallest absolute Gasteiger partial charge is 0.255 e. The van der Waals surface area contributed by atoms with E-state index in [-0.39, 0.29) is 18.0 Å². The predicted molar refractivity (Wildman–Crippen MR) is 130 cm³/mol. The number of hydrogen-bond acceptors (Lipinski definition) is 5. The average molecular weight is 515 g/mol. The minimum atomic E-state index is -1.98. The summed E-state index contributed by atoms with van der Waals surface area (Å²) in [5.74, 6) is -2.32. The monoisotopic (exact) mass is 514 g/mol. The lowest BCUT2D eigenvalue weighted by Gasteiger charge is -2.35. The van der Waals surface area contributed by atoms with E-state index in [1.54, 1.807) is 28.9 Å². The molecule has 0 saturated heterocycles. The summed E-state index contributed by atoms with van der Waals surface area (Å²) in [5, 5.41) is 23.4. The van der Waals surface area contributed by atoms with Crippen LogP contribution in [0.3, 0.4) is 0 Å². The van der Waals surface area contributed by atoms with Crippen LogP contribution in [0.2, 0.25) is 5.02 Å². The molecule has 4 rings (SSSR count). The Morgan fingerprint density at radius 2 is 1.86 bits per heavy atom. The summed E-state index contributed by atoms with van der Waals surface area (Å²) < 4.78 is 31.4. The van der Waals surface area contributed by atoms with Crippen LogP contribution in [0.4, 0.5) is 8.78 Å². The van der Waals surface area contributed by atoms with Gasteiger partial charge in [0.15, 0.2) is 0 Å². The molecular formula is C25H25ClF2N6O2. The topological polar surface area (TPSA) is 97.9 Å². The fraction of sp³-hybridized carbons (Fsp3) is 0.280. The van der Waals surface area contributed by atoms with Crippen molar-refractivity contribution < 1.29 is 18.7 Å². The van der Waals surface area contributed by atoms with Crippen LogP contribution in [-0.2, 0) is 12.1 Å². The van der Waals surface area contributed by atoms with E-state index in [4.69, 9.17) is 11.6 Å². The maximum atomic E-state index is 14.8. The van der Waals surface area contributed by atoms with Crippen molar-refractivity contribution >= 4 is 17.5 Å². The summed E-state index contributed by atoms with van der Waals surface area (Å²) in [4.78, 5) is 17.3. The van der Waals surface area contributed by atoms with Crippen LogP contribution in [0.15, 0.2) is 61.3 Å². The normalized spacial score (nSPS) is 14.0. The third-order valence-electron chi connectivity index (χ3n) is 6.00. The maximum Gasteiger partial charge on any atom is 0.255 e. The van der Waals surface area contributed by atoms with Crippen LogP contribution in [0.25, 0.3) is 5.69 Å². The van der Waals surface area contributed by atoms with E-state index >= 15 is 0 Å². The molecule has 2 aromatic carbocycles. The molecule has 0 bridgehead atoms. The van der Waals surface area contributed by atoms with Gasteiger partial charge in [0.1, 0.15) is 29.9 Å². The van der Waals surface area contributed by atoms with E-state index in [1.807, 2.05) is 13.8 Å². The summed E-state index contributed by atoms with van der Waals surface area (Å²) >= 11 is 6.00. The Morgan fingerprint density at radius 1 is 1.14 bits per heavy atom. The van der Waals surface area contributed by atoms with Gasteiger partial charge >= 0.3 is 0 Å². The molecule has 1 amide bonds. The number of nitrogens with zero attached hydrogens (tertiary/aromatic N) is 5. The largest absolute Gasteiger partial charge is 0.381 e. The van der Waals surface area contributed by atoms with Gasteiger partial charge in [-0.05, 0) is 43.2 Å². The number of amides is 1. The van der Waals surface area contributed by atoms with Gasteiger partial charge < -0.3 is 10.4 Å². The molecule has 2 atom stereocenters. The second-order valence-corrected chi connectivity index (χ2v) is 9.26. The van der Waals surface area contributed by atoms with Crippen LogP contribution in [0, 0.1) is 11.6 Å². The second-order valence-electron chi connectivity index (χ2n) is 8.82. The van der Waals surface area contributed by atoms with Crippen LogP contribution in [0.1, 0.15) is 48.3 Å². The quantitative estimate of drug-likeness (QED) is 0.367. The van der Waals surface area contributed by atoms with Gasteiger partial charge in [0.25, 0.3) is 5.91 Å². The lowest BCUT2D eigenvalue weighted by molar-refractivity contribution is -0.0186. The van der Waals surface area contributed by atoms with Crippen molar-refractivity contribution in [3.05, 3.63) is 94.8 Å². The van der Waals surface area contributed by atoms with Crippen LogP contribution < -0.4 is 5.32 Å². The van der Waals surface area contributed by atoms with Gasteiger partial charge in [-0.2, -0.15) is 10.2 Å². The molecule has 2 heterocycles. The summed E-state index contributed by atoms with van der Waals surface area (Å²) in [7, 11) is 0. The summed E-state index contributed by atoms with van der Waals surface area (Å²) in [6.45, 7) is 5.16. The fourth-order valence-corrected chi connectivity index (χ4v) is 4.25. The second kappa shape index (κ2) is 10.2.